The number of rotatable bonds is 9. The first-order valence-corrected chi connectivity index (χ1v) is 9.78. The Kier molecular flexibility index (Phi) is 6.75. The Balaban J connectivity index is 1.38. The van der Waals surface area contributed by atoms with E-state index in [4.69, 9.17) is 10.3 Å². The quantitative estimate of drug-likeness (QED) is 0.404. The number of aliphatic hydroxyl groups is 1. The zero-order valence-electron chi connectivity index (χ0n) is 15.5. The molecule has 1 aromatic carbocycles. The SMILES string of the molecule is Cc1cc(C(O)CNCCc2ccc(NC(=O)Cc3csc(N)n3)cc2)on1. The summed E-state index contributed by atoms with van der Waals surface area (Å²) < 4.78 is 5.04. The van der Waals surface area contributed by atoms with Gasteiger partial charge in [0.15, 0.2) is 10.9 Å². The van der Waals surface area contributed by atoms with Gasteiger partial charge in [-0.05, 0) is 37.6 Å². The van der Waals surface area contributed by atoms with E-state index in [9.17, 15) is 9.90 Å². The molecule has 0 saturated carbocycles. The van der Waals surface area contributed by atoms with Gasteiger partial charge in [-0.25, -0.2) is 4.98 Å². The first-order chi connectivity index (χ1) is 13.5. The van der Waals surface area contributed by atoms with Crippen LogP contribution in [0.4, 0.5) is 10.8 Å². The predicted molar refractivity (Wildman–Crippen MR) is 108 cm³/mol. The molecule has 9 heteroatoms. The van der Waals surface area contributed by atoms with E-state index in [1.807, 2.05) is 31.2 Å². The molecule has 0 fully saturated rings. The molecule has 2 aromatic heterocycles. The summed E-state index contributed by atoms with van der Waals surface area (Å²) in [5.74, 6) is 0.335. The maximum Gasteiger partial charge on any atom is 0.230 e. The van der Waals surface area contributed by atoms with Crippen molar-refractivity contribution in [3.8, 4) is 0 Å². The van der Waals surface area contributed by atoms with E-state index in [0.29, 0.717) is 29.7 Å². The smallest absolute Gasteiger partial charge is 0.230 e. The van der Waals surface area contributed by atoms with Crippen LogP contribution in [-0.2, 0) is 17.6 Å². The van der Waals surface area contributed by atoms with Gasteiger partial charge < -0.3 is 26.0 Å². The molecule has 1 unspecified atom stereocenters. The molecular weight excluding hydrogens is 378 g/mol. The van der Waals surface area contributed by atoms with Gasteiger partial charge in [-0.15, -0.1) is 11.3 Å². The fourth-order valence-electron chi connectivity index (χ4n) is 2.64. The van der Waals surface area contributed by atoms with Gasteiger partial charge in [0.05, 0.1) is 17.8 Å². The molecule has 5 N–H and O–H groups in total. The number of hydrogen-bond acceptors (Lipinski definition) is 8. The number of hydrogen-bond donors (Lipinski definition) is 4. The number of nitrogens with two attached hydrogens (primary N) is 1. The second-order valence-electron chi connectivity index (χ2n) is 6.44. The van der Waals surface area contributed by atoms with Gasteiger partial charge in [0.2, 0.25) is 5.91 Å². The molecule has 0 bridgehead atoms. The normalized spacial score (nSPS) is 12.1. The van der Waals surface area contributed by atoms with Crippen molar-refractivity contribution in [2.45, 2.75) is 25.9 Å². The van der Waals surface area contributed by atoms with Gasteiger partial charge in [0.25, 0.3) is 0 Å². The molecule has 3 aromatic rings. The molecule has 3 rings (SSSR count). The van der Waals surface area contributed by atoms with E-state index in [0.717, 1.165) is 23.4 Å². The van der Waals surface area contributed by atoms with Crippen LogP contribution >= 0.6 is 11.3 Å². The third kappa shape index (κ3) is 5.88. The van der Waals surface area contributed by atoms with Crippen LogP contribution in [0.5, 0.6) is 0 Å². The zero-order valence-corrected chi connectivity index (χ0v) is 16.3. The number of aliphatic hydroxyl groups excluding tert-OH is 1. The van der Waals surface area contributed by atoms with Crippen LogP contribution in [0, 0.1) is 6.92 Å². The van der Waals surface area contributed by atoms with E-state index in [2.05, 4.69) is 20.8 Å². The maximum absolute atomic E-state index is 12.0. The lowest BCUT2D eigenvalue weighted by Gasteiger charge is -2.09. The highest BCUT2D eigenvalue weighted by atomic mass is 32.1. The number of anilines is 2. The third-order valence-corrected chi connectivity index (χ3v) is 4.77. The van der Waals surface area contributed by atoms with Gasteiger partial charge in [-0.3, -0.25) is 4.79 Å². The molecule has 1 atom stereocenters. The largest absolute Gasteiger partial charge is 0.384 e. The molecule has 148 valence electrons. The number of benzene rings is 1. The van der Waals surface area contributed by atoms with Crippen LogP contribution in [0.3, 0.4) is 0 Å². The summed E-state index contributed by atoms with van der Waals surface area (Å²) in [6, 6.07) is 9.40. The Labute approximate surface area is 166 Å². The van der Waals surface area contributed by atoms with Crippen molar-refractivity contribution in [3.05, 3.63) is 58.4 Å². The van der Waals surface area contributed by atoms with Crippen LogP contribution in [0.25, 0.3) is 0 Å². The maximum atomic E-state index is 12.0. The lowest BCUT2D eigenvalue weighted by atomic mass is 10.1. The Bertz CT molecular complexity index is 906. The molecule has 0 saturated heterocycles. The molecule has 0 spiro atoms. The Hall–Kier alpha value is -2.75. The number of carbonyl (C=O) groups excluding carboxylic acids is 1. The van der Waals surface area contributed by atoms with Crippen molar-refractivity contribution < 1.29 is 14.4 Å². The van der Waals surface area contributed by atoms with Gasteiger partial charge >= 0.3 is 0 Å². The molecule has 0 radical (unpaired) electrons. The van der Waals surface area contributed by atoms with Gasteiger partial charge in [0.1, 0.15) is 6.10 Å². The Morgan fingerprint density at radius 1 is 1.36 bits per heavy atom. The van der Waals surface area contributed by atoms with Crippen LogP contribution in [0.2, 0.25) is 0 Å². The molecule has 28 heavy (non-hydrogen) atoms. The number of amides is 1. The van der Waals surface area contributed by atoms with E-state index < -0.39 is 6.10 Å². The lowest BCUT2D eigenvalue weighted by molar-refractivity contribution is -0.115. The number of carbonyl (C=O) groups is 1. The fourth-order valence-corrected chi connectivity index (χ4v) is 3.20. The molecule has 2 heterocycles. The Morgan fingerprint density at radius 2 is 2.14 bits per heavy atom. The van der Waals surface area contributed by atoms with Gasteiger partial charge in [-0.1, -0.05) is 17.3 Å². The monoisotopic (exact) mass is 401 g/mol. The summed E-state index contributed by atoms with van der Waals surface area (Å²) in [5.41, 5.74) is 8.85. The van der Waals surface area contributed by atoms with Crippen molar-refractivity contribution in [3.63, 3.8) is 0 Å². The highest BCUT2D eigenvalue weighted by Gasteiger charge is 2.12. The van der Waals surface area contributed by atoms with E-state index in [-0.39, 0.29) is 12.3 Å². The van der Waals surface area contributed by atoms with E-state index in [1.165, 1.54) is 11.3 Å². The van der Waals surface area contributed by atoms with Crippen molar-refractivity contribution in [2.24, 2.45) is 0 Å². The van der Waals surface area contributed by atoms with E-state index in [1.54, 1.807) is 11.4 Å². The molecule has 8 nitrogen and oxygen atoms in total. The minimum atomic E-state index is -0.716. The highest BCUT2D eigenvalue weighted by molar-refractivity contribution is 7.13. The molecular formula is C19H23N5O3S. The van der Waals surface area contributed by atoms with Crippen molar-refractivity contribution in [1.29, 1.82) is 0 Å². The van der Waals surface area contributed by atoms with Crippen molar-refractivity contribution in [1.82, 2.24) is 15.5 Å². The molecule has 0 aliphatic rings. The molecule has 0 aliphatic heterocycles. The summed E-state index contributed by atoms with van der Waals surface area (Å²) >= 11 is 1.32. The van der Waals surface area contributed by atoms with Crippen LogP contribution in [0.15, 0.2) is 40.2 Å². The molecule has 1 amide bonds. The minimum absolute atomic E-state index is 0.128. The first kappa shape index (κ1) is 20.0. The second-order valence-corrected chi connectivity index (χ2v) is 7.33. The topological polar surface area (TPSA) is 126 Å². The minimum Gasteiger partial charge on any atom is -0.384 e. The third-order valence-electron chi connectivity index (χ3n) is 4.05. The van der Waals surface area contributed by atoms with Crippen LogP contribution in [-0.4, -0.2) is 34.2 Å². The van der Waals surface area contributed by atoms with Crippen molar-refractivity contribution in [2.75, 3.05) is 24.1 Å². The van der Waals surface area contributed by atoms with Crippen LogP contribution in [0.1, 0.15) is 28.8 Å². The summed E-state index contributed by atoms with van der Waals surface area (Å²) in [7, 11) is 0. The number of aryl methyl sites for hydroxylation is 1. The molecule has 0 aliphatic carbocycles. The number of aromatic nitrogens is 2. The summed E-state index contributed by atoms with van der Waals surface area (Å²) in [4.78, 5) is 16.1. The average molecular weight is 401 g/mol. The summed E-state index contributed by atoms with van der Waals surface area (Å²) in [6.45, 7) is 2.92. The van der Waals surface area contributed by atoms with Gasteiger partial charge in [0, 0.05) is 23.7 Å². The summed E-state index contributed by atoms with van der Waals surface area (Å²) in [6.07, 6.45) is 0.285. The highest BCUT2D eigenvalue weighted by Crippen LogP contribution is 2.14. The average Bonchev–Trinajstić information content (AvgIpc) is 3.28. The number of nitrogens with zero attached hydrogens (tertiary/aromatic N) is 2. The fraction of sp³-hybridized carbons (Fsp3) is 0.316. The second kappa shape index (κ2) is 9.45. The van der Waals surface area contributed by atoms with Gasteiger partial charge in [-0.2, -0.15) is 0 Å². The van der Waals surface area contributed by atoms with Crippen LogP contribution < -0.4 is 16.4 Å². The van der Waals surface area contributed by atoms with Crippen molar-refractivity contribution >= 4 is 28.1 Å². The lowest BCUT2D eigenvalue weighted by Crippen LogP contribution is -2.23. The predicted octanol–water partition coefficient (Wildman–Crippen LogP) is 2.07. The van der Waals surface area contributed by atoms with E-state index >= 15 is 0 Å². The zero-order chi connectivity index (χ0) is 19.9. The Morgan fingerprint density at radius 3 is 2.79 bits per heavy atom. The number of thiazole rings is 1. The number of nitrogens with one attached hydrogen (secondary N) is 2. The first-order valence-electron chi connectivity index (χ1n) is 8.90. The standard InChI is InChI=1S/C19H23N5O3S/c1-12-8-17(27-24-12)16(25)10-21-7-6-13-2-4-14(5-3-13)22-18(26)9-15-11-28-19(20)23-15/h2-5,8,11,16,21,25H,6-7,9-10H2,1H3,(H2,20,23)(H,22,26). The summed E-state index contributed by atoms with van der Waals surface area (Å²) in [5, 5.41) is 22.1. The number of nitrogen functional groups attached to an aromatic ring is 1.